The largest absolute Gasteiger partial charge is 0.480 e. The second-order valence-corrected chi connectivity index (χ2v) is 3.64. The Balaban J connectivity index is 2.94. The van der Waals surface area contributed by atoms with Gasteiger partial charge in [0.05, 0.1) is 0 Å². The van der Waals surface area contributed by atoms with Crippen molar-refractivity contribution in [2.24, 2.45) is 5.73 Å². The van der Waals surface area contributed by atoms with Crippen LogP contribution in [0.3, 0.4) is 0 Å². The lowest BCUT2D eigenvalue weighted by Gasteiger charge is -2.13. The van der Waals surface area contributed by atoms with Crippen molar-refractivity contribution in [1.29, 1.82) is 0 Å². The minimum atomic E-state index is -1.71. The van der Waals surface area contributed by atoms with Gasteiger partial charge in [-0.2, -0.15) is 0 Å². The van der Waals surface area contributed by atoms with E-state index in [1.165, 1.54) is 6.07 Å². The Labute approximate surface area is 88.9 Å². The lowest BCUT2D eigenvalue weighted by Crippen LogP contribution is -2.34. The molecule has 2 atom stereocenters. The SMILES string of the molecule is NC(C(=O)O)C(F)c1ccccc1Br. The van der Waals surface area contributed by atoms with Crippen molar-refractivity contribution in [3.8, 4) is 0 Å². The topological polar surface area (TPSA) is 63.3 Å². The molecule has 0 saturated carbocycles. The monoisotopic (exact) mass is 261 g/mol. The maximum atomic E-state index is 13.5. The zero-order valence-corrected chi connectivity index (χ0v) is 8.74. The van der Waals surface area contributed by atoms with Crippen molar-refractivity contribution >= 4 is 21.9 Å². The highest BCUT2D eigenvalue weighted by Gasteiger charge is 2.26. The van der Waals surface area contributed by atoms with Crippen LogP contribution in [-0.2, 0) is 4.79 Å². The zero-order valence-electron chi connectivity index (χ0n) is 7.15. The Bertz CT molecular complexity index is 345. The van der Waals surface area contributed by atoms with Gasteiger partial charge in [-0.05, 0) is 6.07 Å². The molecule has 3 N–H and O–H groups in total. The summed E-state index contributed by atoms with van der Waals surface area (Å²) in [6.45, 7) is 0. The van der Waals surface area contributed by atoms with E-state index in [0.29, 0.717) is 4.47 Å². The van der Waals surface area contributed by atoms with E-state index < -0.39 is 18.2 Å². The average Bonchev–Trinajstić information content (AvgIpc) is 2.16. The minimum absolute atomic E-state index is 0.252. The third-order valence-corrected chi connectivity index (χ3v) is 2.52. The molecule has 76 valence electrons. The fourth-order valence-corrected chi connectivity index (χ4v) is 1.52. The first-order valence-corrected chi connectivity index (χ1v) is 4.70. The molecule has 14 heavy (non-hydrogen) atoms. The molecule has 0 spiro atoms. The third kappa shape index (κ3) is 2.30. The van der Waals surface area contributed by atoms with Crippen molar-refractivity contribution in [1.82, 2.24) is 0 Å². The molecule has 0 heterocycles. The van der Waals surface area contributed by atoms with Crippen molar-refractivity contribution in [2.45, 2.75) is 12.2 Å². The van der Waals surface area contributed by atoms with Crippen LogP contribution in [-0.4, -0.2) is 17.1 Å². The summed E-state index contributed by atoms with van der Waals surface area (Å²) in [5.41, 5.74) is 5.42. The number of carbonyl (C=O) groups is 1. The summed E-state index contributed by atoms with van der Waals surface area (Å²) in [5, 5.41) is 8.52. The highest BCUT2D eigenvalue weighted by atomic mass is 79.9. The first-order chi connectivity index (χ1) is 6.54. The zero-order chi connectivity index (χ0) is 10.7. The van der Waals surface area contributed by atoms with E-state index in [1.807, 2.05) is 0 Å². The molecule has 0 bridgehead atoms. The van der Waals surface area contributed by atoms with Gasteiger partial charge in [0.2, 0.25) is 0 Å². The molecule has 1 aromatic rings. The smallest absolute Gasteiger partial charge is 0.323 e. The third-order valence-electron chi connectivity index (χ3n) is 1.80. The minimum Gasteiger partial charge on any atom is -0.480 e. The number of carboxylic acid groups (broad SMARTS) is 1. The Morgan fingerprint density at radius 3 is 2.57 bits per heavy atom. The molecule has 0 aliphatic rings. The van der Waals surface area contributed by atoms with E-state index >= 15 is 0 Å². The van der Waals surface area contributed by atoms with Gasteiger partial charge in [0.1, 0.15) is 6.04 Å². The van der Waals surface area contributed by atoms with Crippen molar-refractivity contribution in [3.63, 3.8) is 0 Å². The average molecular weight is 262 g/mol. The number of aliphatic carboxylic acids is 1. The molecule has 0 fully saturated rings. The number of nitrogens with two attached hydrogens (primary N) is 1. The molecule has 0 aliphatic carbocycles. The van der Waals surface area contributed by atoms with Gasteiger partial charge in [-0.3, -0.25) is 4.79 Å². The standard InChI is InChI=1S/C9H9BrFNO2/c10-6-4-2-1-3-5(6)7(11)8(12)9(13)14/h1-4,7-8H,12H2,(H,13,14). The van der Waals surface area contributed by atoms with Crippen LogP contribution in [0.5, 0.6) is 0 Å². The maximum Gasteiger partial charge on any atom is 0.323 e. The van der Waals surface area contributed by atoms with Crippen LogP contribution in [0.25, 0.3) is 0 Å². The predicted molar refractivity (Wildman–Crippen MR) is 53.6 cm³/mol. The highest BCUT2D eigenvalue weighted by molar-refractivity contribution is 9.10. The summed E-state index contributed by atoms with van der Waals surface area (Å²) < 4.78 is 14.0. The lowest BCUT2D eigenvalue weighted by atomic mass is 10.0. The molecule has 0 saturated heterocycles. The number of halogens is 2. The Morgan fingerprint density at radius 1 is 1.50 bits per heavy atom. The van der Waals surface area contributed by atoms with Gasteiger partial charge < -0.3 is 10.8 Å². The van der Waals surface area contributed by atoms with E-state index in [9.17, 15) is 9.18 Å². The van der Waals surface area contributed by atoms with Gasteiger partial charge in [0.15, 0.2) is 6.17 Å². The van der Waals surface area contributed by atoms with Crippen LogP contribution < -0.4 is 5.73 Å². The first-order valence-electron chi connectivity index (χ1n) is 3.91. The molecular formula is C9H9BrFNO2. The van der Waals surface area contributed by atoms with Gasteiger partial charge in [-0.15, -0.1) is 0 Å². The normalized spacial score (nSPS) is 14.8. The highest BCUT2D eigenvalue weighted by Crippen LogP contribution is 2.27. The van der Waals surface area contributed by atoms with Crippen LogP contribution in [0.2, 0.25) is 0 Å². The number of carboxylic acids is 1. The number of alkyl halides is 1. The first kappa shape index (κ1) is 11.1. The Kier molecular flexibility index (Phi) is 3.60. The predicted octanol–water partition coefficient (Wildman–Crippen LogP) is 1.87. The van der Waals surface area contributed by atoms with E-state index in [2.05, 4.69) is 15.9 Å². The Morgan fingerprint density at radius 2 is 2.07 bits per heavy atom. The molecule has 1 rings (SSSR count). The second-order valence-electron chi connectivity index (χ2n) is 2.79. The van der Waals surface area contributed by atoms with Gasteiger partial charge in [0.25, 0.3) is 0 Å². The summed E-state index contributed by atoms with van der Waals surface area (Å²) in [7, 11) is 0. The summed E-state index contributed by atoms with van der Waals surface area (Å²) in [6.07, 6.45) is -1.71. The number of benzene rings is 1. The molecular weight excluding hydrogens is 253 g/mol. The second kappa shape index (κ2) is 4.52. The number of hydrogen-bond acceptors (Lipinski definition) is 2. The maximum absolute atomic E-state index is 13.5. The van der Waals surface area contributed by atoms with Crippen LogP contribution >= 0.6 is 15.9 Å². The van der Waals surface area contributed by atoms with Crippen LogP contribution in [0.1, 0.15) is 11.7 Å². The lowest BCUT2D eigenvalue weighted by molar-refractivity contribution is -0.140. The number of hydrogen-bond donors (Lipinski definition) is 2. The molecule has 5 heteroatoms. The van der Waals surface area contributed by atoms with Crippen molar-refractivity contribution in [3.05, 3.63) is 34.3 Å². The summed E-state index contributed by atoms with van der Waals surface area (Å²) in [6, 6.07) is 4.94. The van der Waals surface area contributed by atoms with Crippen molar-refractivity contribution in [2.75, 3.05) is 0 Å². The van der Waals surface area contributed by atoms with E-state index in [0.717, 1.165) is 0 Å². The van der Waals surface area contributed by atoms with Crippen LogP contribution in [0.4, 0.5) is 4.39 Å². The fraction of sp³-hybridized carbons (Fsp3) is 0.222. The van der Waals surface area contributed by atoms with E-state index in [4.69, 9.17) is 10.8 Å². The summed E-state index contributed by atoms with van der Waals surface area (Å²) in [5.74, 6) is -1.35. The Hall–Kier alpha value is -0.940. The molecule has 0 amide bonds. The molecule has 0 aliphatic heterocycles. The summed E-state index contributed by atoms with van der Waals surface area (Å²) in [4.78, 5) is 10.4. The van der Waals surface area contributed by atoms with Crippen molar-refractivity contribution < 1.29 is 14.3 Å². The fourth-order valence-electron chi connectivity index (χ4n) is 1.02. The van der Waals surface area contributed by atoms with Gasteiger partial charge >= 0.3 is 5.97 Å². The molecule has 1 aromatic carbocycles. The molecule has 0 radical (unpaired) electrons. The number of rotatable bonds is 3. The van der Waals surface area contributed by atoms with E-state index in [1.54, 1.807) is 18.2 Å². The van der Waals surface area contributed by atoms with Crippen LogP contribution in [0, 0.1) is 0 Å². The molecule has 2 unspecified atom stereocenters. The van der Waals surface area contributed by atoms with E-state index in [-0.39, 0.29) is 5.56 Å². The molecule has 3 nitrogen and oxygen atoms in total. The van der Waals surface area contributed by atoms with Gasteiger partial charge in [-0.1, -0.05) is 34.1 Å². The quantitative estimate of drug-likeness (QED) is 0.874. The van der Waals surface area contributed by atoms with Crippen LogP contribution in [0.15, 0.2) is 28.7 Å². The summed E-state index contributed by atoms with van der Waals surface area (Å²) >= 11 is 3.13. The molecule has 0 aromatic heterocycles. The van der Waals surface area contributed by atoms with Gasteiger partial charge in [0, 0.05) is 10.0 Å². The van der Waals surface area contributed by atoms with Gasteiger partial charge in [-0.25, -0.2) is 4.39 Å².